The molecule has 3 aromatic rings. The predicted molar refractivity (Wildman–Crippen MR) is 190 cm³/mol. The third kappa shape index (κ3) is 10.5. The van der Waals surface area contributed by atoms with E-state index >= 15 is 0 Å². The van der Waals surface area contributed by atoms with Gasteiger partial charge >= 0.3 is 5.69 Å². The van der Waals surface area contributed by atoms with Crippen LogP contribution in [0.3, 0.4) is 0 Å². The highest BCUT2D eigenvalue weighted by molar-refractivity contribution is 5.33. The van der Waals surface area contributed by atoms with Crippen LogP contribution in [0.25, 0.3) is 0 Å². The Morgan fingerprint density at radius 2 is 1.06 bits per heavy atom. The molecular formula is C39H56N6O2+2. The summed E-state index contributed by atoms with van der Waals surface area (Å²) in [6.07, 6.45) is 5.73. The van der Waals surface area contributed by atoms with Crippen molar-refractivity contribution < 1.29 is 8.97 Å². The molecule has 252 valence electrons. The summed E-state index contributed by atoms with van der Waals surface area (Å²) >= 11 is 0. The molecule has 0 amide bonds. The van der Waals surface area contributed by atoms with Gasteiger partial charge in [-0.2, -0.15) is 10.5 Å². The number of benzene rings is 2. The van der Waals surface area contributed by atoms with Crippen molar-refractivity contribution in [1.29, 1.82) is 10.5 Å². The van der Waals surface area contributed by atoms with E-state index in [1.807, 2.05) is 43.3 Å². The molecule has 8 nitrogen and oxygen atoms in total. The molecule has 0 N–H and O–H groups in total. The lowest BCUT2D eigenvalue weighted by atomic mass is 10.1. The highest BCUT2D eigenvalue weighted by Crippen LogP contribution is 2.19. The number of nitriles is 2. The molecule has 1 aromatic heterocycles. The zero-order valence-corrected chi connectivity index (χ0v) is 29.5. The molecular weight excluding hydrogens is 584 g/mol. The van der Waals surface area contributed by atoms with Gasteiger partial charge in [-0.1, -0.05) is 24.3 Å². The molecule has 2 aromatic carbocycles. The number of aromatic nitrogens is 2. The molecule has 0 bridgehead atoms. The maximum atomic E-state index is 13.4. The number of nitrogens with zero attached hydrogens (tertiary/aromatic N) is 6. The van der Waals surface area contributed by atoms with Gasteiger partial charge in [0.15, 0.2) is 0 Å². The van der Waals surface area contributed by atoms with Gasteiger partial charge < -0.3 is 8.97 Å². The quantitative estimate of drug-likeness (QED) is 0.104. The molecule has 0 atom stereocenters. The molecule has 0 aliphatic carbocycles. The molecule has 0 spiro atoms. The van der Waals surface area contributed by atoms with Gasteiger partial charge in [0.05, 0.1) is 62.5 Å². The minimum atomic E-state index is -0.207. The molecule has 0 saturated heterocycles. The summed E-state index contributed by atoms with van der Waals surface area (Å²) < 4.78 is 5.14. The van der Waals surface area contributed by atoms with E-state index in [9.17, 15) is 20.1 Å². The average molecular weight is 641 g/mol. The second-order valence-electron chi connectivity index (χ2n) is 13.2. The van der Waals surface area contributed by atoms with Crippen molar-refractivity contribution in [2.45, 2.75) is 99.3 Å². The van der Waals surface area contributed by atoms with E-state index in [0.29, 0.717) is 24.2 Å². The molecule has 3 rings (SSSR count). The van der Waals surface area contributed by atoms with Gasteiger partial charge in [-0.05, 0) is 97.4 Å². The molecule has 0 aliphatic rings. The fourth-order valence-corrected chi connectivity index (χ4v) is 6.93. The molecule has 8 heteroatoms. The summed E-state index contributed by atoms with van der Waals surface area (Å²) in [6.45, 7) is 19.9. The Balaban J connectivity index is 1.52. The Morgan fingerprint density at radius 3 is 1.49 bits per heavy atom. The smallest absolute Gasteiger partial charge is 0.320 e. The number of rotatable bonds is 20. The highest BCUT2D eigenvalue weighted by Gasteiger charge is 2.24. The number of aryl methyl sites for hydroxylation is 1. The van der Waals surface area contributed by atoms with Crippen molar-refractivity contribution in [2.75, 3.05) is 39.3 Å². The average Bonchev–Trinajstić information content (AvgIpc) is 3.09. The van der Waals surface area contributed by atoms with E-state index in [0.717, 1.165) is 106 Å². The standard InChI is InChI=1S/C39H56N6O2/c1-6-44(7-2,31-36-20-16-18-34(27-36)29-40)24-14-10-12-22-42-33(5)26-38(46)43(39(42)47)23-13-11-15-25-45(8-3,9-4)32-37-21-17-19-35(28-37)30-41/h16-21,26-28H,6-15,22-25,31-32H2,1-5H3/q+2. The Morgan fingerprint density at radius 1 is 0.617 bits per heavy atom. The molecule has 1 heterocycles. The minimum Gasteiger partial charge on any atom is -0.320 e. The summed E-state index contributed by atoms with van der Waals surface area (Å²) in [5, 5.41) is 18.6. The first-order chi connectivity index (χ1) is 22.7. The van der Waals surface area contributed by atoms with E-state index in [4.69, 9.17) is 0 Å². The van der Waals surface area contributed by atoms with Crippen molar-refractivity contribution in [1.82, 2.24) is 9.13 Å². The first-order valence-corrected chi connectivity index (χ1v) is 17.7. The molecule has 47 heavy (non-hydrogen) atoms. The summed E-state index contributed by atoms with van der Waals surface area (Å²) in [5.41, 5.74) is 4.14. The maximum absolute atomic E-state index is 13.4. The second kappa shape index (κ2) is 18.4. The van der Waals surface area contributed by atoms with Crippen LogP contribution in [-0.4, -0.2) is 57.4 Å². The van der Waals surface area contributed by atoms with Crippen molar-refractivity contribution in [3.63, 3.8) is 0 Å². The molecule has 0 saturated carbocycles. The first-order valence-electron chi connectivity index (χ1n) is 17.7. The molecule has 0 aliphatic heterocycles. The Hall–Kier alpha value is -3.98. The van der Waals surface area contributed by atoms with Gasteiger partial charge in [-0.3, -0.25) is 13.9 Å². The van der Waals surface area contributed by atoms with E-state index in [-0.39, 0.29) is 11.2 Å². The second-order valence-corrected chi connectivity index (χ2v) is 13.2. The van der Waals surface area contributed by atoms with Crippen LogP contribution in [0, 0.1) is 29.6 Å². The van der Waals surface area contributed by atoms with Gasteiger partial charge in [0.2, 0.25) is 0 Å². The van der Waals surface area contributed by atoms with Crippen LogP contribution in [0.4, 0.5) is 0 Å². The lowest BCUT2D eigenvalue weighted by Gasteiger charge is -2.37. The summed E-state index contributed by atoms with van der Waals surface area (Å²) in [6, 6.07) is 22.0. The topological polar surface area (TPSA) is 91.6 Å². The number of hydrogen-bond donors (Lipinski definition) is 0. The van der Waals surface area contributed by atoms with Crippen LogP contribution in [-0.2, 0) is 26.2 Å². The lowest BCUT2D eigenvalue weighted by molar-refractivity contribution is -0.938. The van der Waals surface area contributed by atoms with Crippen LogP contribution >= 0.6 is 0 Å². The zero-order chi connectivity index (χ0) is 34.3. The largest absolute Gasteiger partial charge is 0.331 e. The zero-order valence-electron chi connectivity index (χ0n) is 29.5. The SMILES string of the molecule is CC[N+](CC)(CCCCCn1c(C)cc(=O)n(CCCCC[N+](CC)(CC)Cc2cccc(C#N)c2)c1=O)Cc1cccc(C#N)c1. The summed E-state index contributed by atoms with van der Waals surface area (Å²) in [7, 11) is 0. The lowest BCUT2D eigenvalue weighted by Crippen LogP contribution is -2.47. The van der Waals surface area contributed by atoms with Gasteiger partial charge in [-0.15, -0.1) is 0 Å². The Labute approximate surface area is 282 Å². The van der Waals surface area contributed by atoms with Crippen molar-refractivity contribution in [2.24, 2.45) is 0 Å². The normalized spacial score (nSPS) is 11.7. The van der Waals surface area contributed by atoms with Crippen LogP contribution in [0.2, 0.25) is 0 Å². The van der Waals surface area contributed by atoms with Gasteiger partial charge in [0, 0.05) is 36.0 Å². The maximum Gasteiger partial charge on any atom is 0.331 e. The van der Waals surface area contributed by atoms with Gasteiger partial charge in [0.25, 0.3) is 5.56 Å². The summed E-state index contributed by atoms with van der Waals surface area (Å²) in [4.78, 5) is 26.3. The number of hydrogen-bond acceptors (Lipinski definition) is 4. The fourth-order valence-electron chi connectivity index (χ4n) is 6.93. The third-order valence-corrected chi connectivity index (χ3v) is 10.3. The third-order valence-electron chi connectivity index (χ3n) is 10.3. The summed E-state index contributed by atoms with van der Waals surface area (Å²) in [5.74, 6) is 0. The molecule has 0 radical (unpaired) electrons. The van der Waals surface area contributed by atoms with Gasteiger partial charge in [-0.25, -0.2) is 4.79 Å². The molecule has 0 fully saturated rings. The van der Waals surface area contributed by atoms with Crippen LogP contribution in [0.15, 0.2) is 64.2 Å². The van der Waals surface area contributed by atoms with Crippen LogP contribution in [0.5, 0.6) is 0 Å². The number of quaternary nitrogens is 2. The predicted octanol–water partition coefficient (Wildman–Crippen LogP) is 6.52. The molecule has 0 unspecified atom stereocenters. The van der Waals surface area contributed by atoms with Crippen LogP contribution in [0.1, 0.15) is 94.2 Å². The highest BCUT2D eigenvalue weighted by atomic mass is 16.2. The van der Waals surface area contributed by atoms with Crippen molar-refractivity contribution >= 4 is 0 Å². The van der Waals surface area contributed by atoms with E-state index in [1.54, 1.807) is 10.6 Å². The minimum absolute atomic E-state index is 0.191. The van der Waals surface area contributed by atoms with Gasteiger partial charge in [0.1, 0.15) is 13.1 Å². The first kappa shape index (κ1) is 37.5. The van der Waals surface area contributed by atoms with Crippen molar-refractivity contribution in [3.8, 4) is 12.1 Å². The van der Waals surface area contributed by atoms with Crippen LogP contribution < -0.4 is 11.2 Å². The monoisotopic (exact) mass is 640 g/mol. The van der Waals surface area contributed by atoms with Crippen molar-refractivity contribution in [3.05, 3.63) is 103 Å². The Bertz CT molecular complexity index is 1630. The Kier molecular flexibility index (Phi) is 14.7. The van der Waals surface area contributed by atoms with E-state index < -0.39 is 0 Å². The van der Waals surface area contributed by atoms with E-state index in [2.05, 4.69) is 52.0 Å². The fraction of sp³-hybridized carbons (Fsp3) is 0.538. The number of unbranched alkanes of at least 4 members (excludes halogenated alkanes) is 4. The van der Waals surface area contributed by atoms with E-state index in [1.165, 1.54) is 15.7 Å².